The molecular weight excluding hydrogens is 657 g/mol. The van der Waals surface area contributed by atoms with E-state index in [-0.39, 0.29) is 11.5 Å². The summed E-state index contributed by atoms with van der Waals surface area (Å²) >= 11 is 0. The second kappa shape index (κ2) is 14.3. The molecule has 4 N–H and O–H groups in total. The first-order chi connectivity index (χ1) is 22.8. The molecule has 0 atom stereocenters. The minimum atomic E-state index is -4.46. The van der Waals surface area contributed by atoms with Gasteiger partial charge in [-0.05, 0) is 116 Å². The van der Waals surface area contributed by atoms with Crippen LogP contribution in [0.4, 0.5) is 32.3 Å². The van der Waals surface area contributed by atoms with Crippen molar-refractivity contribution >= 4 is 55.0 Å². The largest absolute Gasteiger partial charge is 0.379 e. The number of hydrogen-bond donors (Lipinski definition) is 4. The molecule has 5 aromatic carbocycles. The maximum Gasteiger partial charge on any atom is 0.339 e. The second-order valence-corrected chi connectivity index (χ2v) is 13.6. The van der Waals surface area contributed by atoms with Crippen LogP contribution in [0.3, 0.4) is 0 Å². The summed E-state index contributed by atoms with van der Waals surface area (Å²) in [6.45, 7) is 3.80. The monoisotopic (exact) mass is 686 g/mol. The molecule has 0 heterocycles. The number of anilines is 4. The van der Waals surface area contributed by atoms with Crippen molar-refractivity contribution < 1.29 is 34.8 Å². The van der Waals surface area contributed by atoms with E-state index in [1.165, 1.54) is 66.7 Å². The Morgan fingerprint density at radius 3 is 1.19 bits per heavy atom. The Hall–Kier alpha value is -5.86. The predicted octanol–water partition coefficient (Wildman–Crippen LogP) is 7.13. The molecule has 0 aliphatic carbocycles. The van der Waals surface area contributed by atoms with Gasteiger partial charge in [-0.25, -0.2) is 9.59 Å². The van der Waals surface area contributed by atoms with Gasteiger partial charge in [-0.2, -0.15) is 16.8 Å². The Morgan fingerprint density at radius 1 is 0.458 bits per heavy atom. The normalized spacial score (nSPS) is 11.2. The third-order valence-corrected chi connectivity index (χ3v) is 9.06. The van der Waals surface area contributed by atoms with Crippen molar-refractivity contribution in [2.75, 3.05) is 21.3 Å². The van der Waals surface area contributed by atoms with Gasteiger partial charge in [0, 0.05) is 22.7 Å². The van der Waals surface area contributed by atoms with E-state index in [1.807, 2.05) is 38.1 Å². The SMILES string of the molecule is Cc1cccc(NC(=O)Nc2ccc(OS(=O)(=O)c3cccc(S(=O)(=O)Oc4ccc(NC(=O)Nc5cccc(C)c5)cc4)c3)cc2)c1. The van der Waals surface area contributed by atoms with E-state index in [0.717, 1.165) is 17.2 Å². The van der Waals surface area contributed by atoms with Crippen molar-refractivity contribution in [2.45, 2.75) is 23.6 Å². The van der Waals surface area contributed by atoms with E-state index in [2.05, 4.69) is 21.3 Å². The number of urea groups is 2. The molecule has 0 fully saturated rings. The van der Waals surface area contributed by atoms with Gasteiger partial charge in [0.2, 0.25) is 0 Å². The number of hydrogen-bond acceptors (Lipinski definition) is 8. The van der Waals surface area contributed by atoms with E-state index in [9.17, 15) is 26.4 Å². The Kier molecular flexibility index (Phi) is 9.96. The van der Waals surface area contributed by atoms with Crippen LogP contribution in [0.1, 0.15) is 11.1 Å². The van der Waals surface area contributed by atoms with Crippen LogP contribution in [0, 0.1) is 13.8 Å². The van der Waals surface area contributed by atoms with Gasteiger partial charge < -0.3 is 29.6 Å². The van der Waals surface area contributed by atoms with Crippen LogP contribution < -0.4 is 29.6 Å². The van der Waals surface area contributed by atoms with E-state index >= 15 is 0 Å². The van der Waals surface area contributed by atoms with Crippen LogP contribution in [0.2, 0.25) is 0 Å². The van der Waals surface area contributed by atoms with Crippen molar-refractivity contribution in [3.63, 3.8) is 0 Å². The molecule has 48 heavy (non-hydrogen) atoms. The highest BCUT2D eigenvalue weighted by atomic mass is 32.2. The van der Waals surface area contributed by atoms with Gasteiger partial charge in [-0.3, -0.25) is 0 Å². The maximum atomic E-state index is 13.0. The Balaban J connectivity index is 1.19. The third kappa shape index (κ3) is 9.11. The molecule has 12 nitrogen and oxygen atoms in total. The fourth-order valence-electron chi connectivity index (χ4n) is 4.35. The molecule has 5 aromatic rings. The van der Waals surface area contributed by atoms with Gasteiger partial charge >= 0.3 is 32.3 Å². The van der Waals surface area contributed by atoms with Gasteiger partial charge in [-0.1, -0.05) is 30.3 Å². The van der Waals surface area contributed by atoms with Gasteiger partial charge in [0.15, 0.2) is 0 Å². The smallest absolute Gasteiger partial charge is 0.339 e. The summed E-state index contributed by atoms with van der Waals surface area (Å²) < 4.78 is 62.4. The Labute approximate surface area is 278 Å². The summed E-state index contributed by atoms with van der Waals surface area (Å²) in [5.74, 6) is -0.129. The Bertz CT molecular complexity index is 2020. The van der Waals surface area contributed by atoms with Crippen LogP contribution in [-0.2, 0) is 20.2 Å². The lowest BCUT2D eigenvalue weighted by molar-refractivity contribution is 0.261. The zero-order chi connectivity index (χ0) is 34.3. The fourth-order valence-corrected chi connectivity index (χ4v) is 6.38. The molecule has 0 radical (unpaired) electrons. The number of carbonyl (C=O) groups is 2. The number of nitrogens with one attached hydrogen (secondary N) is 4. The van der Waals surface area contributed by atoms with Gasteiger partial charge in [-0.15, -0.1) is 0 Å². The molecule has 0 saturated heterocycles. The van der Waals surface area contributed by atoms with E-state index in [4.69, 9.17) is 8.37 Å². The van der Waals surface area contributed by atoms with Crippen LogP contribution in [0.5, 0.6) is 11.5 Å². The standard InChI is InChI=1S/C34H30N4O8S2/c1-23-6-3-8-27(20-23)37-33(39)35-25-12-16-29(17-13-25)45-47(41,42)31-10-5-11-32(22-31)48(43,44)46-30-18-14-26(15-19-30)36-34(40)38-28-9-4-7-24(2)21-28/h3-22H,1-2H3,(H2,35,37,39)(H2,36,38,40). The second-order valence-electron chi connectivity index (χ2n) is 10.5. The average Bonchev–Trinajstić information content (AvgIpc) is 3.03. The number of benzene rings is 5. The van der Waals surface area contributed by atoms with Gasteiger partial charge in [0.25, 0.3) is 0 Å². The van der Waals surface area contributed by atoms with E-state index < -0.39 is 42.1 Å². The predicted molar refractivity (Wildman–Crippen MR) is 183 cm³/mol. The van der Waals surface area contributed by atoms with E-state index in [0.29, 0.717) is 22.7 Å². The highest BCUT2D eigenvalue weighted by Gasteiger charge is 2.23. The molecule has 0 aliphatic heterocycles. The van der Waals surface area contributed by atoms with Crippen molar-refractivity contribution in [2.24, 2.45) is 0 Å². The van der Waals surface area contributed by atoms with Crippen LogP contribution in [0.25, 0.3) is 0 Å². The average molecular weight is 687 g/mol. The maximum absolute atomic E-state index is 13.0. The summed E-state index contributed by atoms with van der Waals surface area (Å²) in [6.07, 6.45) is 0. The zero-order valence-corrected chi connectivity index (χ0v) is 27.3. The lowest BCUT2D eigenvalue weighted by Gasteiger charge is -2.12. The van der Waals surface area contributed by atoms with Gasteiger partial charge in [0.1, 0.15) is 21.3 Å². The van der Waals surface area contributed by atoms with Crippen molar-refractivity contribution in [1.29, 1.82) is 0 Å². The van der Waals surface area contributed by atoms with Crippen molar-refractivity contribution in [1.82, 2.24) is 0 Å². The first-order valence-electron chi connectivity index (χ1n) is 14.3. The first kappa shape index (κ1) is 33.5. The molecular formula is C34H30N4O8S2. The Morgan fingerprint density at radius 2 is 0.812 bits per heavy atom. The number of carbonyl (C=O) groups excluding carboxylic acids is 2. The summed E-state index contributed by atoms with van der Waals surface area (Å²) in [5, 5.41) is 10.7. The van der Waals surface area contributed by atoms with E-state index in [1.54, 1.807) is 24.3 Å². The van der Waals surface area contributed by atoms with Crippen LogP contribution in [0.15, 0.2) is 131 Å². The molecule has 4 amide bonds. The van der Waals surface area contributed by atoms with Crippen molar-refractivity contribution in [3.8, 4) is 11.5 Å². The van der Waals surface area contributed by atoms with Crippen LogP contribution >= 0.6 is 0 Å². The molecule has 0 saturated carbocycles. The molecule has 246 valence electrons. The molecule has 0 spiro atoms. The van der Waals surface area contributed by atoms with Gasteiger partial charge in [0.05, 0.1) is 0 Å². The zero-order valence-electron chi connectivity index (χ0n) is 25.6. The summed E-state index contributed by atoms with van der Waals surface area (Å²) in [6, 6.07) is 29.2. The molecule has 0 bridgehead atoms. The molecule has 0 unspecified atom stereocenters. The summed E-state index contributed by atoms with van der Waals surface area (Å²) in [7, 11) is -8.92. The highest BCUT2D eigenvalue weighted by molar-refractivity contribution is 7.88. The quantitative estimate of drug-likeness (QED) is 0.113. The molecule has 0 aromatic heterocycles. The number of rotatable bonds is 10. The third-order valence-electron chi connectivity index (χ3n) is 6.57. The topological polar surface area (TPSA) is 169 Å². The number of aryl methyl sites for hydroxylation is 2. The lowest BCUT2D eigenvalue weighted by atomic mass is 10.2. The fraction of sp³-hybridized carbons (Fsp3) is 0.0588. The van der Waals surface area contributed by atoms with Crippen molar-refractivity contribution in [3.05, 3.63) is 132 Å². The summed E-state index contributed by atoms with van der Waals surface area (Å²) in [4.78, 5) is 23.8. The minimum absolute atomic E-state index is 0.0644. The van der Waals surface area contributed by atoms with Crippen LogP contribution in [-0.4, -0.2) is 28.9 Å². The molecule has 0 aliphatic rings. The molecule has 14 heteroatoms. The highest BCUT2D eigenvalue weighted by Crippen LogP contribution is 2.25. The lowest BCUT2D eigenvalue weighted by Crippen LogP contribution is -2.19. The molecule has 5 rings (SSSR count). The minimum Gasteiger partial charge on any atom is -0.379 e. The number of amides is 4. The first-order valence-corrected chi connectivity index (χ1v) is 17.1. The summed E-state index contributed by atoms with van der Waals surface area (Å²) in [5.41, 5.74) is 3.94.